The Balaban J connectivity index is 1.65. The number of amides is 1. The highest BCUT2D eigenvalue weighted by Crippen LogP contribution is 2.22. The summed E-state index contributed by atoms with van der Waals surface area (Å²) in [5.74, 6) is 0.129. The molecule has 0 fully saturated rings. The number of thioether (sulfide) groups is 1. The highest BCUT2D eigenvalue weighted by atomic mass is 32.2. The zero-order chi connectivity index (χ0) is 19.9. The largest absolute Gasteiger partial charge is 0.349 e. The van der Waals surface area contributed by atoms with Crippen molar-refractivity contribution in [2.24, 2.45) is 5.92 Å². The molecular weight excluding hydrogens is 377 g/mol. The number of carbonyl (C=O) groups is 1. The maximum atomic E-state index is 13.5. The zero-order valence-corrected chi connectivity index (χ0v) is 16.6. The first-order chi connectivity index (χ1) is 13.5. The van der Waals surface area contributed by atoms with E-state index < -0.39 is 0 Å². The lowest BCUT2D eigenvalue weighted by Gasteiger charge is -2.21. The molecule has 3 aromatic rings. The average Bonchev–Trinajstić information content (AvgIpc) is 3.15. The van der Waals surface area contributed by atoms with E-state index in [2.05, 4.69) is 34.7 Å². The van der Waals surface area contributed by atoms with Crippen LogP contribution in [0.25, 0.3) is 5.69 Å². The van der Waals surface area contributed by atoms with Crippen LogP contribution in [0.15, 0.2) is 59.8 Å². The number of halogens is 1. The summed E-state index contributed by atoms with van der Waals surface area (Å²) >= 11 is 1.21. The van der Waals surface area contributed by atoms with Crippen LogP contribution in [-0.4, -0.2) is 31.9 Å². The van der Waals surface area contributed by atoms with Crippen LogP contribution in [0.5, 0.6) is 0 Å². The number of hydrogen-bond acceptors (Lipinski definition) is 5. The van der Waals surface area contributed by atoms with Gasteiger partial charge in [0.1, 0.15) is 5.82 Å². The minimum absolute atomic E-state index is 0.0477. The maximum absolute atomic E-state index is 13.5. The molecule has 1 N–H and O–H groups in total. The Bertz CT molecular complexity index is 916. The molecule has 0 aliphatic heterocycles. The summed E-state index contributed by atoms with van der Waals surface area (Å²) in [6.45, 7) is 4.26. The number of nitrogens with zero attached hydrogens (tertiary/aromatic N) is 4. The van der Waals surface area contributed by atoms with E-state index in [-0.39, 0.29) is 23.5 Å². The lowest BCUT2D eigenvalue weighted by atomic mass is 9.97. The van der Waals surface area contributed by atoms with Crippen molar-refractivity contribution in [3.63, 3.8) is 0 Å². The van der Waals surface area contributed by atoms with Gasteiger partial charge in [0.15, 0.2) is 0 Å². The maximum Gasteiger partial charge on any atom is 0.230 e. The Morgan fingerprint density at radius 3 is 2.68 bits per heavy atom. The van der Waals surface area contributed by atoms with E-state index >= 15 is 0 Å². The molecule has 0 aliphatic rings. The number of hydrogen-bond donors (Lipinski definition) is 1. The van der Waals surface area contributed by atoms with E-state index in [0.29, 0.717) is 16.8 Å². The molecule has 3 rings (SSSR count). The number of benzene rings is 2. The SMILES string of the molecule is CC(C)CC(NC(=O)CSc1nnnn1-c1cccc(F)c1)c1ccccc1. The Hall–Kier alpha value is -2.74. The third-order valence-corrected chi connectivity index (χ3v) is 4.99. The summed E-state index contributed by atoms with van der Waals surface area (Å²) in [6, 6.07) is 15.9. The lowest BCUT2D eigenvalue weighted by molar-refractivity contribution is -0.119. The van der Waals surface area contributed by atoms with Gasteiger partial charge in [-0.15, -0.1) is 5.10 Å². The van der Waals surface area contributed by atoms with Crippen LogP contribution in [0.2, 0.25) is 0 Å². The smallest absolute Gasteiger partial charge is 0.230 e. The molecule has 1 amide bonds. The van der Waals surface area contributed by atoms with Gasteiger partial charge in [-0.05, 0) is 46.5 Å². The fraction of sp³-hybridized carbons (Fsp3) is 0.300. The summed E-state index contributed by atoms with van der Waals surface area (Å²) in [4.78, 5) is 12.5. The molecule has 0 saturated heterocycles. The Morgan fingerprint density at radius 1 is 1.18 bits per heavy atom. The van der Waals surface area contributed by atoms with E-state index in [1.165, 1.54) is 28.6 Å². The van der Waals surface area contributed by atoms with Crippen molar-refractivity contribution in [2.45, 2.75) is 31.5 Å². The Morgan fingerprint density at radius 2 is 1.96 bits per heavy atom. The first-order valence-corrected chi connectivity index (χ1v) is 10.0. The number of carbonyl (C=O) groups excluding carboxylic acids is 1. The minimum Gasteiger partial charge on any atom is -0.349 e. The van der Waals surface area contributed by atoms with Gasteiger partial charge in [-0.3, -0.25) is 4.79 Å². The summed E-state index contributed by atoms with van der Waals surface area (Å²) < 4.78 is 14.9. The molecule has 0 bridgehead atoms. The predicted molar refractivity (Wildman–Crippen MR) is 107 cm³/mol. The highest BCUT2D eigenvalue weighted by Gasteiger charge is 2.17. The zero-order valence-electron chi connectivity index (χ0n) is 15.7. The highest BCUT2D eigenvalue weighted by molar-refractivity contribution is 7.99. The van der Waals surface area contributed by atoms with Gasteiger partial charge in [-0.25, -0.2) is 4.39 Å². The van der Waals surface area contributed by atoms with Crippen LogP contribution in [-0.2, 0) is 4.79 Å². The third-order valence-electron chi connectivity index (χ3n) is 4.07. The molecule has 1 aromatic heterocycles. The van der Waals surface area contributed by atoms with Crippen molar-refractivity contribution >= 4 is 17.7 Å². The summed E-state index contributed by atoms with van der Waals surface area (Å²) in [6.07, 6.45) is 0.849. The van der Waals surface area contributed by atoms with Gasteiger partial charge in [0.2, 0.25) is 11.1 Å². The molecule has 0 aliphatic carbocycles. The number of aromatic nitrogens is 4. The molecule has 8 heteroatoms. The monoisotopic (exact) mass is 399 g/mol. The van der Waals surface area contributed by atoms with Crippen LogP contribution in [0.4, 0.5) is 4.39 Å². The van der Waals surface area contributed by atoms with Crippen molar-refractivity contribution in [1.82, 2.24) is 25.5 Å². The van der Waals surface area contributed by atoms with Crippen molar-refractivity contribution in [3.05, 3.63) is 66.0 Å². The molecule has 0 saturated carbocycles. The van der Waals surface area contributed by atoms with Gasteiger partial charge < -0.3 is 5.32 Å². The second-order valence-corrected chi connectivity index (χ2v) is 7.74. The normalized spacial score (nSPS) is 12.1. The summed E-state index contributed by atoms with van der Waals surface area (Å²) in [7, 11) is 0. The molecule has 2 aromatic carbocycles. The third kappa shape index (κ3) is 5.39. The average molecular weight is 399 g/mol. The van der Waals surface area contributed by atoms with Crippen molar-refractivity contribution in [1.29, 1.82) is 0 Å². The van der Waals surface area contributed by atoms with Gasteiger partial charge in [0.25, 0.3) is 0 Å². The van der Waals surface area contributed by atoms with E-state index in [1.54, 1.807) is 12.1 Å². The quantitative estimate of drug-likeness (QED) is 0.584. The Labute approximate surface area is 167 Å². The van der Waals surface area contributed by atoms with Crippen molar-refractivity contribution in [2.75, 3.05) is 5.75 Å². The van der Waals surface area contributed by atoms with Gasteiger partial charge >= 0.3 is 0 Å². The number of rotatable bonds is 8. The number of nitrogens with one attached hydrogen (secondary N) is 1. The fourth-order valence-corrected chi connectivity index (χ4v) is 3.54. The standard InChI is InChI=1S/C20H22FN5OS/c1-14(2)11-18(15-7-4-3-5-8-15)22-19(27)13-28-20-23-24-25-26(20)17-10-6-9-16(21)12-17/h3-10,12,14,18H,11,13H2,1-2H3,(H,22,27). The van der Waals surface area contributed by atoms with Crippen molar-refractivity contribution in [3.8, 4) is 5.69 Å². The topological polar surface area (TPSA) is 72.7 Å². The molecule has 146 valence electrons. The molecule has 28 heavy (non-hydrogen) atoms. The van der Waals surface area contributed by atoms with Gasteiger partial charge in [0, 0.05) is 0 Å². The van der Waals surface area contributed by atoms with Crippen LogP contribution >= 0.6 is 11.8 Å². The molecule has 0 spiro atoms. The van der Waals surface area contributed by atoms with Crippen LogP contribution < -0.4 is 5.32 Å². The lowest BCUT2D eigenvalue weighted by Crippen LogP contribution is -2.31. The van der Waals surface area contributed by atoms with Crippen molar-refractivity contribution < 1.29 is 9.18 Å². The molecule has 1 atom stereocenters. The number of tetrazole rings is 1. The first-order valence-electron chi connectivity index (χ1n) is 9.04. The van der Waals surface area contributed by atoms with Crippen LogP contribution in [0.1, 0.15) is 31.9 Å². The molecule has 6 nitrogen and oxygen atoms in total. The summed E-state index contributed by atoms with van der Waals surface area (Å²) in [5, 5.41) is 15.0. The first kappa shape index (κ1) is 20.0. The summed E-state index contributed by atoms with van der Waals surface area (Å²) in [5.41, 5.74) is 1.59. The van der Waals surface area contributed by atoms with Gasteiger partial charge in [-0.1, -0.05) is 62.0 Å². The second-order valence-electron chi connectivity index (χ2n) is 6.80. The molecule has 1 unspecified atom stereocenters. The molecule has 0 radical (unpaired) electrons. The Kier molecular flexibility index (Phi) is 6.76. The fourth-order valence-electron chi connectivity index (χ4n) is 2.84. The van der Waals surface area contributed by atoms with Crippen LogP contribution in [0.3, 0.4) is 0 Å². The van der Waals surface area contributed by atoms with Gasteiger partial charge in [-0.2, -0.15) is 4.68 Å². The second kappa shape index (κ2) is 9.45. The van der Waals surface area contributed by atoms with Gasteiger partial charge in [0.05, 0.1) is 17.5 Å². The molecule has 1 heterocycles. The predicted octanol–water partition coefficient (Wildman–Crippen LogP) is 3.80. The van der Waals surface area contributed by atoms with E-state index in [0.717, 1.165) is 12.0 Å². The molecular formula is C20H22FN5OS. The van der Waals surface area contributed by atoms with Crippen LogP contribution in [0, 0.1) is 11.7 Å². The van der Waals surface area contributed by atoms with E-state index in [9.17, 15) is 9.18 Å². The van der Waals surface area contributed by atoms with E-state index in [4.69, 9.17) is 0 Å². The van der Waals surface area contributed by atoms with E-state index in [1.807, 2.05) is 30.3 Å². The minimum atomic E-state index is -0.374.